The Morgan fingerprint density at radius 1 is 1.12 bits per heavy atom. The Bertz CT molecular complexity index is 1480. The SMILES string of the molecule is CCC(=O)[C@@H](OCc1ccc(S(C)(=O)=O)cc1)[C@@H]1OC(CO)[C@H](O)[C@H](n2cc(-c3cc(F)c(F)c(F)c3)nn2)C1O. The summed E-state index contributed by atoms with van der Waals surface area (Å²) >= 11 is 0. The topological polar surface area (TPSA) is 161 Å². The van der Waals surface area contributed by atoms with E-state index in [9.17, 15) is 41.7 Å². The minimum Gasteiger partial charge on any atom is -0.394 e. The molecule has 0 spiro atoms. The number of rotatable bonds is 10. The summed E-state index contributed by atoms with van der Waals surface area (Å²) in [6, 6.07) is 5.82. The number of halogens is 3. The molecular formula is C26H28F3N3O8S. The summed E-state index contributed by atoms with van der Waals surface area (Å²) in [4.78, 5) is 13.0. The maximum absolute atomic E-state index is 13.8. The molecule has 2 unspecified atom stereocenters. The molecule has 1 aromatic heterocycles. The minimum atomic E-state index is -3.42. The van der Waals surface area contributed by atoms with E-state index in [1.54, 1.807) is 6.92 Å². The van der Waals surface area contributed by atoms with Gasteiger partial charge in [0.2, 0.25) is 0 Å². The highest BCUT2D eigenvalue weighted by molar-refractivity contribution is 7.90. The van der Waals surface area contributed by atoms with Gasteiger partial charge in [-0.3, -0.25) is 4.79 Å². The zero-order chi connectivity index (χ0) is 30.1. The van der Waals surface area contributed by atoms with Gasteiger partial charge in [-0.25, -0.2) is 26.3 Å². The average Bonchev–Trinajstić information content (AvgIpc) is 3.42. The van der Waals surface area contributed by atoms with Crippen LogP contribution in [0.3, 0.4) is 0 Å². The second kappa shape index (κ2) is 12.3. The van der Waals surface area contributed by atoms with E-state index in [-0.39, 0.29) is 29.2 Å². The maximum Gasteiger partial charge on any atom is 0.194 e. The number of ether oxygens (including phenoxy) is 2. The summed E-state index contributed by atoms with van der Waals surface area (Å²) in [5, 5.41) is 39.7. The van der Waals surface area contributed by atoms with Crippen LogP contribution in [-0.2, 0) is 30.7 Å². The number of aromatic nitrogens is 3. The van der Waals surface area contributed by atoms with Crippen molar-refractivity contribution >= 4 is 15.6 Å². The summed E-state index contributed by atoms with van der Waals surface area (Å²) in [5.41, 5.74) is 0.246. The number of carbonyl (C=O) groups is 1. The second-order valence-electron chi connectivity index (χ2n) is 9.60. The molecule has 1 aliphatic rings. The highest BCUT2D eigenvalue weighted by atomic mass is 32.2. The van der Waals surface area contributed by atoms with Gasteiger partial charge in [0, 0.05) is 18.2 Å². The van der Waals surface area contributed by atoms with E-state index in [2.05, 4.69) is 10.3 Å². The molecular weight excluding hydrogens is 571 g/mol. The van der Waals surface area contributed by atoms with Gasteiger partial charge in [0.05, 0.1) is 24.3 Å². The minimum absolute atomic E-state index is 0.0174. The Hall–Kier alpha value is -3.21. The number of sulfone groups is 1. The van der Waals surface area contributed by atoms with Crippen molar-refractivity contribution in [2.75, 3.05) is 12.9 Å². The first-order valence-electron chi connectivity index (χ1n) is 12.5. The lowest BCUT2D eigenvalue weighted by Gasteiger charge is -2.44. The van der Waals surface area contributed by atoms with E-state index < -0.39 is 76.2 Å². The van der Waals surface area contributed by atoms with Crippen LogP contribution in [0, 0.1) is 17.5 Å². The van der Waals surface area contributed by atoms with Gasteiger partial charge in [-0.2, -0.15) is 0 Å². The van der Waals surface area contributed by atoms with Crippen molar-refractivity contribution in [2.24, 2.45) is 0 Å². The van der Waals surface area contributed by atoms with Gasteiger partial charge in [-0.1, -0.05) is 24.3 Å². The monoisotopic (exact) mass is 599 g/mol. The quantitative estimate of drug-likeness (QED) is 0.290. The van der Waals surface area contributed by atoms with Crippen LogP contribution in [0.25, 0.3) is 11.3 Å². The fourth-order valence-corrected chi connectivity index (χ4v) is 5.17. The summed E-state index contributed by atoms with van der Waals surface area (Å²) in [7, 11) is -3.42. The Labute approximate surface area is 233 Å². The molecule has 222 valence electrons. The fourth-order valence-electron chi connectivity index (χ4n) is 4.54. The molecule has 15 heteroatoms. The second-order valence-corrected chi connectivity index (χ2v) is 11.6. The number of benzene rings is 2. The lowest BCUT2D eigenvalue weighted by Crippen LogP contribution is -2.60. The van der Waals surface area contributed by atoms with Crippen molar-refractivity contribution in [3.63, 3.8) is 0 Å². The van der Waals surface area contributed by atoms with E-state index in [4.69, 9.17) is 9.47 Å². The molecule has 11 nitrogen and oxygen atoms in total. The van der Waals surface area contributed by atoms with Crippen molar-refractivity contribution < 1.29 is 51.2 Å². The molecule has 0 aliphatic carbocycles. The van der Waals surface area contributed by atoms with E-state index in [1.165, 1.54) is 24.3 Å². The van der Waals surface area contributed by atoms with Crippen LogP contribution < -0.4 is 0 Å². The molecule has 2 aromatic carbocycles. The molecule has 0 radical (unpaired) electrons. The number of aliphatic hydroxyl groups is 3. The van der Waals surface area contributed by atoms with Crippen LogP contribution in [-0.4, -0.2) is 87.9 Å². The molecule has 1 saturated heterocycles. The maximum atomic E-state index is 13.8. The van der Waals surface area contributed by atoms with Gasteiger partial charge < -0.3 is 24.8 Å². The van der Waals surface area contributed by atoms with Gasteiger partial charge >= 0.3 is 0 Å². The Morgan fingerprint density at radius 2 is 1.76 bits per heavy atom. The molecule has 3 N–H and O–H groups in total. The van der Waals surface area contributed by atoms with Crippen LogP contribution in [0.4, 0.5) is 13.2 Å². The van der Waals surface area contributed by atoms with Crippen LogP contribution in [0.5, 0.6) is 0 Å². The number of aliphatic hydroxyl groups excluding tert-OH is 3. The van der Waals surface area contributed by atoms with Gasteiger partial charge in [-0.05, 0) is 29.8 Å². The van der Waals surface area contributed by atoms with E-state index >= 15 is 0 Å². The first-order chi connectivity index (χ1) is 19.3. The van der Waals surface area contributed by atoms with E-state index in [0.29, 0.717) is 17.7 Å². The largest absolute Gasteiger partial charge is 0.394 e. The lowest BCUT2D eigenvalue weighted by atomic mass is 9.88. The predicted molar refractivity (Wildman–Crippen MR) is 136 cm³/mol. The van der Waals surface area contributed by atoms with Crippen LogP contribution in [0.2, 0.25) is 0 Å². The molecule has 0 amide bonds. The Morgan fingerprint density at radius 3 is 2.32 bits per heavy atom. The van der Waals surface area contributed by atoms with Gasteiger partial charge in [0.25, 0.3) is 0 Å². The predicted octanol–water partition coefficient (Wildman–Crippen LogP) is 1.35. The number of nitrogens with zero attached hydrogens (tertiary/aromatic N) is 3. The Balaban J connectivity index is 1.61. The van der Waals surface area contributed by atoms with Gasteiger partial charge in [0.1, 0.15) is 42.3 Å². The van der Waals surface area contributed by atoms with Gasteiger partial charge in [-0.15, -0.1) is 5.10 Å². The number of ketones is 1. The van der Waals surface area contributed by atoms with Crippen molar-refractivity contribution in [3.8, 4) is 11.3 Å². The van der Waals surface area contributed by atoms with Gasteiger partial charge in [0.15, 0.2) is 33.1 Å². The molecule has 6 atom stereocenters. The molecule has 1 fully saturated rings. The van der Waals surface area contributed by atoms with Crippen molar-refractivity contribution in [2.45, 2.75) is 61.4 Å². The van der Waals surface area contributed by atoms with Crippen molar-refractivity contribution in [1.82, 2.24) is 15.0 Å². The third-order valence-electron chi connectivity index (χ3n) is 6.77. The normalized spacial score (nSPS) is 23.9. The number of hydrogen-bond donors (Lipinski definition) is 3. The molecule has 0 saturated carbocycles. The highest BCUT2D eigenvalue weighted by Gasteiger charge is 2.50. The smallest absolute Gasteiger partial charge is 0.194 e. The summed E-state index contributed by atoms with van der Waals surface area (Å²) in [6.07, 6.45) is -5.11. The molecule has 4 rings (SSSR count). The number of Topliss-reactive ketones (excluding diaryl/α,β-unsaturated/α-hetero) is 1. The summed E-state index contributed by atoms with van der Waals surface area (Å²) < 4.78 is 76.9. The molecule has 41 heavy (non-hydrogen) atoms. The standard InChI is InChI=1S/C26H28F3N3O8S/c1-3-19(34)25(39-12-13-4-6-15(7-5-13)41(2,37)38)26-24(36)22(23(35)20(11-33)40-26)32-10-18(30-31-32)14-8-16(27)21(29)17(28)9-14/h4-10,20,22-26,33,35-36H,3,11-12H2,1-2H3/t20?,22-,23-,24?,25+,26+/m0/s1. The summed E-state index contributed by atoms with van der Waals surface area (Å²) in [6.45, 7) is 0.686. The summed E-state index contributed by atoms with van der Waals surface area (Å²) in [5.74, 6) is -5.04. The van der Waals surface area contributed by atoms with E-state index in [1.807, 2.05) is 0 Å². The van der Waals surface area contributed by atoms with Crippen molar-refractivity contribution in [1.29, 1.82) is 0 Å². The van der Waals surface area contributed by atoms with E-state index in [0.717, 1.165) is 17.1 Å². The zero-order valence-corrected chi connectivity index (χ0v) is 22.7. The highest BCUT2D eigenvalue weighted by Crippen LogP contribution is 2.34. The van der Waals surface area contributed by atoms with Crippen LogP contribution in [0.1, 0.15) is 24.9 Å². The third-order valence-corrected chi connectivity index (χ3v) is 7.90. The molecule has 3 aromatic rings. The first kappa shape index (κ1) is 30.7. The first-order valence-corrected chi connectivity index (χ1v) is 14.4. The molecule has 1 aliphatic heterocycles. The average molecular weight is 600 g/mol. The van der Waals surface area contributed by atoms with Crippen LogP contribution in [0.15, 0.2) is 47.5 Å². The van der Waals surface area contributed by atoms with Crippen molar-refractivity contribution in [3.05, 3.63) is 65.6 Å². The lowest BCUT2D eigenvalue weighted by molar-refractivity contribution is -0.234. The molecule has 2 heterocycles. The number of hydrogen-bond acceptors (Lipinski definition) is 10. The fraction of sp³-hybridized carbons (Fsp3) is 0.423. The third kappa shape index (κ3) is 6.50. The zero-order valence-electron chi connectivity index (χ0n) is 21.9. The molecule has 0 bridgehead atoms. The number of carbonyl (C=O) groups excluding carboxylic acids is 1. The Kier molecular flexibility index (Phi) is 9.25. The van der Waals surface area contributed by atoms with Crippen LogP contribution >= 0.6 is 0 Å².